The first-order valence-corrected chi connectivity index (χ1v) is 10.2. The summed E-state index contributed by atoms with van der Waals surface area (Å²) in [5.41, 5.74) is 0.922. The quantitative estimate of drug-likeness (QED) is 0.666. The van der Waals surface area contributed by atoms with Gasteiger partial charge in [0.25, 0.3) is 5.78 Å². The molecule has 0 aliphatic carbocycles. The summed E-state index contributed by atoms with van der Waals surface area (Å²) >= 11 is 0. The lowest BCUT2D eigenvalue weighted by Crippen LogP contribution is -2.48. The maximum absolute atomic E-state index is 14.7. The highest BCUT2D eigenvalue weighted by Gasteiger charge is 2.32. The molecule has 1 aliphatic heterocycles. The first-order valence-electron chi connectivity index (χ1n) is 10.2. The lowest BCUT2D eigenvalue weighted by Gasteiger charge is -2.40. The van der Waals surface area contributed by atoms with Crippen LogP contribution < -0.4 is 5.32 Å². The molecule has 9 heteroatoms. The Labute approximate surface area is 174 Å². The maximum Gasteiger partial charge on any atom is 0.254 e. The van der Waals surface area contributed by atoms with E-state index in [0.29, 0.717) is 31.2 Å². The van der Waals surface area contributed by atoms with E-state index in [9.17, 15) is 8.78 Å². The van der Waals surface area contributed by atoms with E-state index in [2.05, 4.69) is 25.3 Å². The summed E-state index contributed by atoms with van der Waals surface area (Å²) in [6.45, 7) is 7.41. The number of halogens is 2. The normalized spacial score (nSPS) is 21.1. The number of nitrogens with one attached hydrogen (secondary N) is 1. The van der Waals surface area contributed by atoms with Crippen molar-refractivity contribution < 1.29 is 13.5 Å². The summed E-state index contributed by atoms with van der Waals surface area (Å²) < 4.78 is 36.9. The fourth-order valence-corrected chi connectivity index (χ4v) is 4.08. The van der Waals surface area contributed by atoms with Gasteiger partial charge in [-0.05, 0) is 32.4 Å². The Morgan fingerprint density at radius 2 is 1.90 bits per heavy atom. The van der Waals surface area contributed by atoms with Gasteiger partial charge in [-0.3, -0.25) is 4.90 Å². The van der Waals surface area contributed by atoms with Crippen LogP contribution in [0, 0.1) is 11.6 Å². The number of anilines is 1. The Kier molecular flexibility index (Phi) is 5.92. The van der Waals surface area contributed by atoms with E-state index in [4.69, 9.17) is 4.74 Å². The van der Waals surface area contributed by atoms with Gasteiger partial charge in [0.05, 0.1) is 18.2 Å². The molecule has 0 bridgehead atoms. The molecule has 160 valence electrons. The maximum atomic E-state index is 14.7. The predicted octanol–water partition coefficient (Wildman–Crippen LogP) is 3.23. The van der Waals surface area contributed by atoms with E-state index < -0.39 is 17.7 Å². The van der Waals surface area contributed by atoms with Crippen molar-refractivity contribution in [3.63, 3.8) is 0 Å². The molecule has 0 spiro atoms. The molecule has 1 saturated heterocycles. The van der Waals surface area contributed by atoms with Crippen LogP contribution in [0.2, 0.25) is 0 Å². The third kappa shape index (κ3) is 4.13. The zero-order valence-electron chi connectivity index (χ0n) is 17.3. The van der Waals surface area contributed by atoms with Crippen LogP contribution in [-0.2, 0) is 11.2 Å². The minimum absolute atomic E-state index is 0.0271. The van der Waals surface area contributed by atoms with Crippen LogP contribution in [0.25, 0.3) is 5.78 Å². The molecule has 30 heavy (non-hydrogen) atoms. The van der Waals surface area contributed by atoms with Gasteiger partial charge in [-0.2, -0.15) is 14.6 Å². The van der Waals surface area contributed by atoms with Gasteiger partial charge in [0.2, 0.25) is 0 Å². The summed E-state index contributed by atoms with van der Waals surface area (Å²) in [5, 5.41) is 7.55. The first-order chi connectivity index (χ1) is 14.5. The smallest absolute Gasteiger partial charge is 0.254 e. The van der Waals surface area contributed by atoms with Crippen LogP contribution in [0.5, 0.6) is 0 Å². The zero-order valence-corrected chi connectivity index (χ0v) is 17.3. The molecule has 3 aromatic rings. The molecule has 1 aromatic carbocycles. The molecule has 4 rings (SSSR count). The van der Waals surface area contributed by atoms with E-state index in [0.717, 1.165) is 12.1 Å². The summed E-state index contributed by atoms with van der Waals surface area (Å²) in [6, 6.07) is 5.36. The molecule has 3 atom stereocenters. The Balaban J connectivity index is 1.68. The lowest BCUT2D eigenvalue weighted by molar-refractivity contribution is -0.0801. The standard InChI is InChI=1S/C21H26F2N6O/c1-4-15-8-19(29-21(27-15)25-12-26-29)24-9-18(20-16(22)6-5-7-17(20)23)28-10-13(2)30-14(3)11-28/h5-8,12-14,18,24H,4,9-11H2,1-3H3. The molecule has 1 N–H and O–H groups in total. The van der Waals surface area contributed by atoms with Crippen LogP contribution in [0.1, 0.15) is 38.1 Å². The number of aryl methyl sites for hydroxylation is 1. The fourth-order valence-electron chi connectivity index (χ4n) is 4.08. The van der Waals surface area contributed by atoms with E-state index in [1.54, 1.807) is 4.52 Å². The van der Waals surface area contributed by atoms with Gasteiger partial charge in [0.15, 0.2) is 0 Å². The zero-order chi connectivity index (χ0) is 21.3. The number of benzene rings is 1. The van der Waals surface area contributed by atoms with Gasteiger partial charge < -0.3 is 10.1 Å². The van der Waals surface area contributed by atoms with Gasteiger partial charge in [-0.1, -0.05) is 13.0 Å². The number of nitrogens with zero attached hydrogens (tertiary/aromatic N) is 5. The second-order valence-corrected chi connectivity index (χ2v) is 7.70. The van der Waals surface area contributed by atoms with Gasteiger partial charge in [0, 0.05) is 37.0 Å². The molecule has 7 nitrogen and oxygen atoms in total. The molecule has 3 unspecified atom stereocenters. The predicted molar refractivity (Wildman–Crippen MR) is 109 cm³/mol. The first kappa shape index (κ1) is 20.6. The van der Waals surface area contributed by atoms with Gasteiger partial charge in [-0.25, -0.2) is 13.8 Å². The Morgan fingerprint density at radius 3 is 2.57 bits per heavy atom. The number of ether oxygens (including phenoxy) is 1. The second kappa shape index (κ2) is 8.61. The van der Waals surface area contributed by atoms with Crippen LogP contribution >= 0.6 is 0 Å². The van der Waals surface area contributed by atoms with Gasteiger partial charge >= 0.3 is 0 Å². The van der Waals surface area contributed by atoms with Crippen molar-refractivity contribution in [2.75, 3.05) is 25.0 Å². The van der Waals surface area contributed by atoms with E-state index in [1.807, 2.05) is 26.8 Å². The van der Waals surface area contributed by atoms with Crippen molar-refractivity contribution in [1.29, 1.82) is 0 Å². The summed E-state index contributed by atoms with van der Waals surface area (Å²) in [7, 11) is 0. The number of hydrogen-bond donors (Lipinski definition) is 1. The topological polar surface area (TPSA) is 67.6 Å². The molecular weight excluding hydrogens is 390 g/mol. The third-order valence-corrected chi connectivity index (χ3v) is 5.37. The van der Waals surface area contributed by atoms with Crippen LogP contribution in [0.3, 0.4) is 0 Å². The van der Waals surface area contributed by atoms with E-state index in [1.165, 1.54) is 24.5 Å². The van der Waals surface area contributed by atoms with Crippen molar-refractivity contribution in [1.82, 2.24) is 24.5 Å². The average Bonchev–Trinajstić information content (AvgIpc) is 3.17. The fraction of sp³-hybridized carbons (Fsp3) is 0.476. The van der Waals surface area contributed by atoms with Crippen molar-refractivity contribution in [2.45, 2.75) is 45.4 Å². The SMILES string of the molecule is CCc1cc(NCC(c2c(F)cccc2F)N2CC(C)OC(C)C2)n2ncnc2n1. The summed E-state index contributed by atoms with van der Waals surface area (Å²) in [4.78, 5) is 10.7. The molecule has 1 fully saturated rings. The molecule has 1 aliphatic rings. The molecule has 3 heterocycles. The second-order valence-electron chi connectivity index (χ2n) is 7.70. The van der Waals surface area contributed by atoms with Gasteiger partial charge in [-0.15, -0.1) is 0 Å². The van der Waals surface area contributed by atoms with Crippen LogP contribution in [-0.4, -0.2) is 56.3 Å². The highest BCUT2D eigenvalue weighted by molar-refractivity contribution is 5.45. The number of hydrogen-bond acceptors (Lipinski definition) is 6. The highest BCUT2D eigenvalue weighted by atomic mass is 19.1. The Bertz CT molecular complexity index is 996. The Morgan fingerprint density at radius 1 is 1.20 bits per heavy atom. The van der Waals surface area contributed by atoms with Crippen molar-refractivity contribution in [2.24, 2.45) is 0 Å². The third-order valence-electron chi connectivity index (χ3n) is 5.37. The van der Waals surface area contributed by atoms with Crippen LogP contribution in [0.15, 0.2) is 30.6 Å². The Hall–Kier alpha value is -2.65. The molecular formula is C21H26F2N6O. The lowest BCUT2D eigenvalue weighted by atomic mass is 10.0. The molecule has 0 saturated carbocycles. The summed E-state index contributed by atoms with van der Waals surface area (Å²) in [6.07, 6.45) is 2.12. The van der Waals surface area contributed by atoms with Gasteiger partial charge in [0.1, 0.15) is 23.8 Å². The van der Waals surface area contributed by atoms with Crippen molar-refractivity contribution in [3.8, 4) is 0 Å². The number of aromatic nitrogens is 4. The molecule has 2 aromatic heterocycles. The minimum Gasteiger partial charge on any atom is -0.373 e. The average molecular weight is 416 g/mol. The molecule has 0 radical (unpaired) electrons. The molecule has 0 amide bonds. The van der Waals surface area contributed by atoms with E-state index in [-0.39, 0.29) is 17.8 Å². The van der Waals surface area contributed by atoms with Crippen LogP contribution in [0.4, 0.5) is 14.6 Å². The minimum atomic E-state index is -0.552. The monoisotopic (exact) mass is 416 g/mol. The number of rotatable bonds is 6. The summed E-state index contributed by atoms with van der Waals surface area (Å²) in [5.74, 6) is 0.0662. The highest BCUT2D eigenvalue weighted by Crippen LogP contribution is 2.29. The van der Waals surface area contributed by atoms with Crippen molar-refractivity contribution in [3.05, 3.63) is 53.5 Å². The number of fused-ring (bicyclic) bond motifs is 1. The largest absolute Gasteiger partial charge is 0.373 e. The van der Waals surface area contributed by atoms with Crippen molar-refractivity contribution >= 4 is 11.6 Å². The van der Waals surface area contributed by atoms with E-state index >= 15 is 0 Å². The number of morpholine rings is 1.